The highest BCUT2D eigenvalue weighted by Crippen LogP contribution is 2.32. The molecule has 2 atom stereocenters. The SMILES string of the molecule is C=CC(=O)OCC(C)(C)C(=O)C(=O)N1CCCCC1C(=O)O[C@H](CCc1ccc(OC)c(OC)c1)c1cncc(OCC(=O)O)c1. The van der Waals surface area contributed by atoms with E-state index in [2.05, 4.69) is 11.6 Å². The fourth-order valence-electron chi connectivity index (χ4n) is 4.90. The number of Topliss-reactive ketones (excluding diaryl/α,β-unsaturated/α-hetero) is 1. The van der Waals surface area contributed by atoms with Crippen LogP contribution in [0.25, 0.3) is 0 Å². The quantitative estimate of drug-likeness (QED) is 0.161. The number of likely N-dealkylation sites (tertiary alicyclic amines) is 1. The molecule has 2 heterocycles. The average molecular weight is 641 g/mol. The van der Waals surface area contributed by atoms with Crippen molar-refractivity contribution < 1.29 is 52.8 Å². The highest BCUT2D eigenvalue weighted by Gasteiger charge is 2.42. The fourth-order valence-corrected chi connectivity index (χ4v) is 4.90. The first kappa shape index (κ1) is 35.5. The number of carboxylic acids is 1. The molecule has 1 N–H and O–H groups in total. The smallest absolute Gasteiger partial charge is 0.341 e. The minimum Gasteiger partial charge on any atom is -0.493 e. The molecule has 1 aromatic heterocycles. The number of esters is 2. The number of benzene rings is 1. The van der Waals surface area contributed by atoms with E-state index in [-0.39, 0.29) is 31.7 Å². The zero-order valence-corrected chi connectivity index (χ0v) is 26.5. The van der Waals surface area contributed by atoms with Crippen molar-refractivity contribution in [2.24, 2.45) is 5.41 Å². The molecule has 0 bridgehead atoms. The van der Waals surface area contributed by atoms with Gasteiger partial charge in [0.25, 0.3) is 5.91 Å². The lowest BCUT2D eigenvalue weighted by Gasteiger charge is -2.36. The number of ketones is 1. The molecular formula is C33H40N2O11. The fraction of sp³-hybridized carbons (Fsp3) is 0.455. The third-order valence-corrected chi connectivity index (χ3v) is 7.46. The van der Waals surface area contributed by atoms with Gasteiger partial charge in [-0.1, -0.05) is 12.6 Å². The number of aryl methyl sites for hydroxylation is 1. The van der Waals surface area contributed by atoms with Gasteiger partial charge in [0.15, 0.2) is 18.1 Å². The summed E-state index contributed by atoms with van der Waals surface area (Å²) in [5.41, 5.74) is -0.0258. The van der Waals surface area contributed by atoms with Crippen LogP contribution in [0.2, 0.25) is 0 Å². The van der Waals surface area contributed by atoms with Crippen LogP contribution in [0.4, 0.5) is 0 Å². The lowest BCUT2D eigenvalue weighted by molar-refractivity contribution is -0.165. The number of carbonyl (C=O) groups excluding carboxylic acids is 4. The summed E-state index contributed by atoms with van der Waals surface area (Å²) in [5.74, 6) is -3.00. The van der Waals surface area contributed by atoms with Gasteiger partial charge in [-0.05, 0) is 69.7 Å². The number of piperidine rings is 1. The van der Waals surface area contributed by atoms with Crippen LogP contribution in [0.5, 0.6) is 17.2 Å². The van der Waals surface area contributed by atoms with E-state index in [1.165, 1.54) is 45.4 Å². The molecule has 13 nitrogen and oxygen atoms in total. The largest absolute Gasteiger partial charge is 0.493 e. The van der Waals surface area contributed by atoms with Crippen LogP contribution in [0, 0.1) is 5.41 Å². The second kappa shape index (κ2) is 16.4. The van der Waals surface area contributed by atoms with E-state index in [1.54, 1.807) is 12.1 Å². The number of ether oxygens (including phenoxy) is 5. The summed E-state index contributed by atoms with van der Waals surface area (Å²) < 4.78 is 27.1. The third kappa shape index (κ3) is 9.53. The van der Waals surface area contributed by atoms with Gasteiger partial charge in [0.2, 0.25) is 5.78 Å². The van der Waals surface area contributed by atoms with Crippen molar-refractivity contribution in [3.05, 3.63) is 60.4 Å². The van der Waals surface area contributed by atoms with Gasteiger partial charge in [-0.15, -0.1) is 0 Å². The molecule has 0 spiro atoms. The Morgan fingerprint density at radius 2 is 1.83 bits per heavy atom. The number of hydrogen-bond acceptors (Lipinski definition) is 11. The summed E-state index contributed by atoms with van der Waals surface area (Å²) in [6.45, 7) is 5.54. The van der Waals surface area contributed by atoms with Crippen molar-refractivity contribution >= 4 is 29.6 Å². The number of hydrogen-bond donors (Lipinski definition) is 1. The summed E-state index contributed by atoms with van der Waals surface area (Å²) >= 11 is 0. The number of carboxylic acid groups (broad SMARTS) is 1. The lowest BCUT2D eigenvalue weighted by atomic mass is 9.87. The second-order valence-electron chi connectivity index (χ2n) is 11.3. The Morgan fingerprint density at radius 1 is 1.09 bits per heavy atom. The van der Waals surface area contributed by atoms with E-state index in [0.29, 0.717) is 36.3 Å². The number of methoxy groups -OCH3 is 2. The standard InChI is InChI=1S/C33H40N2O11/c1-6-29(38)45-20-33(2,3)30(39)31(40)35-14-8-7-9-24(35)32(41)46-25(22-16-23(18-34-17-22)44-19-28(36)37)12-10-21-11-13-26(42-4)27(15-21)43-5/h6,11,13,15-18,24-25H,1,7-10,12,14,19-20H2,2-5H3,(H,36,37)/t24?,25-/m1/s1. The average Bonchev–Trinajstić information content (AvgIpc) is 3.07. The van der Waals surface area contributed by atoms with Gasteiger partial charge in [-0.2, -0.15) is 0 Å². The molecule has 0 saturated carbocycles. The van der Waals surface area contributed by atoms with Crippen molar-refractivity contribution in [3.8, 4) is 17.2 Å². The lowest BCUT2D eigenvalue weighted by Crippen LogP contribution is -2.53. The monoisotopic (exact) mass is 640 g/mol. The van der Waals surface area contributed by atoms with E-state index < -0.39 is 53.8 Å². The molecule has 13 heteroatoms. The van der Waals surface area contributed by atoms with Crippen molar-refractivity contribution in [1.29, 1.82) is 0 Å². The van der Waals surface area contributed by atoms with Crippen molar-refractivity contribution in [3.63, 3.8) is 0 Å². The van der Waals surface area contributed by atoms with Crippen molar-refractivity contribution in [1.82, 2.24) is 9.88 Å². The number of carbonyl (C=O) groups is 5. The van der Waals surface area contributed by atoms with Gasteiger partial charge in [0.1, 0.15) is 24.5 Å². The second-order valence-corrected chi connectivity index (χ2v) is 11.3. The first-order chi connectivity index (χ1) is 21.9. The molecule has 1 saturated heterocycles. The van der Waals surface area contributed by atoms with Crippen molar-refractivity contribution in [2.45, 2.75) is 58.1 Å². The maximum atomic E-state index is 13.7. The third-order valence-electron chi connectivity index (χ3n) is 7.46. The van der Waals surface area contributed by atoms with Gasteiger partial charge in [0, 0.05) is 24.4 Å². The molecule has 1 aliphatic heterocycles. The minimum absolute atomic E-state index is 0.170. The molecule has 1 unspecified atom stereocenters. The van der Waals surface area contributed by atoms with E-state index >= 15 is 0 Å². The molecule has 0 radical (unpaired) electrons. The van der Waals surface area contributed by atoms with Crippen LogP contribution in [-0.2, 0) is 39.9 Å². The minimum atomic E-state index is -1.34. The molecule has 2 aromatic rings. The molecule has 3 rings (SSSR count). The van der Waals surface area contributed by atoms with Crippen LogP contribution in [0.1, 0.15) is 56.8 Å². The zero-order chi connectivity index (χ0) is 33.9. The maximum Gasteiger partial charge on any atom is 0.341 e. The predicted molar refractivity (Wildman–Crippen MR) is 163 cm³/mol. The van der Waals surface area contributed by atoms with Gasteiger partial charge < -0.3 is 33.7 Å². The first-order valence-corrected chi connectivity index (χ1v) is 14.8. The Morgan fingerprint density at radius 3 is 2.50 bits per heavy atom. The Kier molecular flexibility index (Phi) is 12.7. The van der Waals surface area contributed by atoms with Crippen LogP contribution < -0.4 is 14.2 Å². The van der Waals surface area contributed by atoms with Crippen LogP contribution >= 0.6 is 0 Å². The van der Waals surface area contributed by atoms with Crippen LogP contribution in [-0.4, -0.2) is 84.6 Å². The number of aromatic nitrogens is 1. The number of aliphatic carboxylic acids is 1. The summed E-state index contributed by atoms with van der Waals surface area (Å²) in [7, 11) is 3.06. The highest BCUT2D eigenvalue weighted by molar-refractivity contribution is 6.38. The first-order valence-electron chi connectivity index (χ1n) is 14.8. The van der Waals surface area contributed by atoms with Gasteiger partial charge in [0.05, 0.1) is 25.8 Å². The predicted octanol–water partition coefficient (Wildman–Crippen LogP) is 3.48. The number of amides is 1. The molecule has 46 heavy (non-hydrogen) atoms. The van der Waals surface area contributed by atoms with Crippen molar-refractivity contribution in [2.75, 3.05) is 34.0 Å². The topological polar surface area (TPSA) is 168 Å². The Balaban J connectivity index is 1.85. The summed E-state index contributed by atoms with van der Waals surface area (Å²) in [4.78, 5) is 68.4. The van der Waals surface area contributed by atoms with Gasteiger partial charge in [-0.25, -0.2) is 14.4 Å². The molecule has 1 fully saturated rings. The molecule has 1 aliphatic rings. The van der Waals surface area contributed by atoms with E-state index in [9.17, 15) is 24.0 Å². The Hall–Kier alpha value is -4.94. The van der Waals surface area contributed by atoms with E-state index in [0.717, 1.165) is 11.6 Å². The zero-order valence-electron chi connectivity index (χ0n) is 26.5. The molecule has 1 aromatic carbocycles. The van der Waals surface area contributed by atoms with Crippen LogP contribution in [0.3, 0.4) is 0 Å². The molecule has 1 amide bonds. The normalized spacial score (nSPS) is 15.2. The molecule has 0 aliphatic carbocycles. The molecular weight excluding hydrogens is 600 g/mol. The van der Waals surface area contributed by atoms with E-state index in [4.69, 9.17) is 28.8 Å². The van der Waals surface area contributed by atoms with Gasteiger partial charge >= 0.3 is 17.9 Å². The Labute approximate surface area is 267 Å². The maximum absolute atomic E-state index is 13.7. The highest BCUT2D eigenvalue weighted by atomic mass is 16.5. The summed E-state index contributed by atoms with van der Waals surface area (Å²) in [6.07, 6.45) is 5.15. The van der Waals surface area contributed by atoms with E-state index in [1.807, 2.05) is 12.1 Å². The Bertz CT molecular complexity index is 1440. The summed E-state index contributed by atoms with van der Waals surface area (Å²) in [5, 5.41) is 9.02. The summed E-state index contributed by atoms with van der Waals surface area (Å²) in [6, 6.07) is 5.94. The molecule has 248 valence electrons. The van der Waals surface area contributed by atoms with Crippen LogP contribution in [0.15, 0.2) is 49.3 Å². The number of rotatable bonds is 16. The van der Waals surface area contributed by atoms with Gasteiger partial charge in [-0.3, -0.25) is 14.6 Å². The number of nitrogens with zero attached hydrogens (tertiary/aromatic N) is 2. The number of pyridine rings is 1.